The monoisotopic (exact) mass is 548 g/mol. The molecule has 0 saturated heterocycles. The van der Waals surface area contributed by atoms with Crippen molar-refractivity contribution in [1.82, 2.24) is 5.43 Å². The molecule has 1 N–H and O–H groups in total. The van der Waals surface area contributed by atoms with Crippen molar-refractivity contribution in [3.05, 3.63) is 106 Å². The van der Waals surface area contributed by atoms with Gasteiger partial charge in [0.2, 0.25) is 0 Å². The Morgan fingerprint density at radius 3 is 2.31 bits per heavy atom. The van der Waals surface area contributed by atoms with E-state index >= 15 is 0 Å². The first-order valence-corrected chi connectivity index (χ1v) is 13.0. The molecule has 39 heavy (non-hydrogen) atoms. The molecule has 1 heterocycles. The highest BCUT2D eigenvalue weighted by Gasteiger charge is 2.27. The SMILES string of the molecule is COc1ccc(S(=O)(=O)N(CC(=O)N/N=C\c2ccc(-c3ccc([N+](=O)[O-])cc3)o2)c2ccc(C)cc2)cc1. The van der Waals surface area contributed by atoms with Crippen LogP contribution in [0, 0.1) is 17.0 Å². The molecule has 12 heteroatoms. The lowest BCUT2D eigenvalue weighted by Crippen LogP contribution is -2.39. The first-order valence-electron chi connectivity index (χ1n) is 11.6. The maximum Gasteiger partial charge on any atom is 0.269 e. The fraction of sp³-hybridized carbons (Fsp3) is 0.111. The number of rotatable bonds is 10. The molecular weight excluding hydrogens is 524 g/mol. The molecule has 0 bridgehead atoms. The number of sulfonamides is 1. The van der Waals surface area contributed by atoms with E-state index in [4.69, 9.17) is 9.15 Å². The first kappa shape index (κ1) is 27.1. The Morgan fingerprint density at radius 2 is 1.69 bits per heavy atom. The minimum absolute atomic E-state index is 0.00506. The number of aryl methyl sites for hydroxylation is 1. The summed E-state index contributed by atoms with van der Waals surface area (Å²) in [5, 5.41) is 14.7. The molecule has 0 saturated carbocycles. The molecule has 11 nitrogen and oxygen atoms in total. The average molecular weight is 549 g/mol. The number of nitro benzene ring substituents is 1. The van der Waals surface area contributed by atoms with Gasteiger partial charge in [0, 0.05) is 17.7 Å². The third-order valence-electron chi connectivity index (χ3n) is 5.63. The molecule has 0 radical (unpaired) electrons. The number of furan rings is 1. The lowest BCUT2D eigenvalue weighted by atomic mass is 10.1. The van der Waals surface area contributed by atoms with Crippen LogP contribution < -0.4 is 14.5 Å². The van der Waals surface area contributed by atoms with Crippen molar-refractivity contribution in [3.63, 3.8) is 0 Å². The van der Waals surface area contributed by atoms with Gasteiger partial charge in [-0.1, -0.05) is 17.7 Å². The molecule has 1 amide bonds. The second-order valence-electron chi connectivity index (χ2n) is 8.32. The number of anilines is 1. The van der Waals surface area contributed by atoms with E-state index in [0.29, 0.717) is 28.5 Å². The summed E-state index contributed by atoms with van der Waals surface area (Å²) in [5.74, 6) is 0.586. The first-order chi connectivity index (χ1) is 18.7. The lowest BCUT2D eigenvalue weighted by Gasteiger charge is -2.24. The Morgan fingerprint density at radius 1 is 1.03 bits per heavy atom. The second-order valence-corrected chi connectivity index (χ2v) is 10.2. The molecule has 4 rings (SSSR count). The van der Waals surface area contributed by atoms with Crippen LogP contribution in [-0.4, -0.2) is 39.1 Å². The van der Waals surface area contributed by atoms with E-state index in [1.807, 2.05) is 6.92 Å². The van der Waals surface area contributed by atoms with Gasteiger partial charge in [-0.3, -0.25) is 19.2 Å². The maximum atomic E-state index is 13.5. The van der Waals surface area contributed by atoms with Crippen molar-refractivity contribution in [3.8, 4) is 17.1 Å². The highest BCUT2D eigenvalue weighted by Crippen LogP contribution is 2.26. The van der Waals surface area contributed by atoms with Crippen molar-refractivity contribution in [2.45, 2.75) is 11.8 Å². The molecule has 200 valence electrons. The Bertz CT molecular complexity index is 1600. The summed E-state index contributed by atoms with van der Waals surface area (Å²) in [6.45, 7) is 1.34. The molecule has 0 atom stereocenters. The van der Waals surface area contributed by atoms with E-state index in [2.05, 4.69) is 10.5 Å². The van der Waals surface area contributed by atoms with E-state index in [0.717, 1.165) is 9.87 Å². The van der Waals surface area contributed by atoms with Gasteiger partial charge in [0.1, 0.15) is 23.8 Å². The summed E-state index contributed by atoms with van der Waals surface area (Å²) in [6, 6.07) is 21.7. The van der Waals surface area contributed by atoms with Crippen LogP contribution in [0.4, 0.5) is 11.4 Å². The van der Waals surface area contributed by atoms with Crippen molar-refractivity contribution in [2.24, 2.45) is 5.10 Å². The third-order valence-corrected chi connectivity index (χ3v) is 7.42. The second kappa shape index (κ2) is 11.6. The van der Waals surface area contributed by atoms with Gasteiger partial charge >= 0.3 is 0 Å². The number of hydrazone groups is 1. The van der Waals surface area contributed by atoms with E-state index in [1.54, 1.807) is 48.5 Å². The van der Waals surface area contributed by atoms with Crippen molar-refractivity contribution < 1.29 is 27.3 Å². The third kappa shape index (κ3) is 6.48. The van der Waals surface area contributed by atoms with Gasteiger partial charge in [-0.15, -0.1) is 0 Å². The maximum absolute atomic E-state index is 13.5. The van der Waals surface area contributed by atoms with Crippen molar-refractivity contribution >= 4 is 33.5 Å². The Kier molecular flexibility index (Phi) is 8.06. The molecule has 1 aromatic heterocycles. The summed E-state index contributed by atoms with van der Waals surface area (Å²) < 4.78 is 38.7. The van der Waals surface area contributed by atoms with Crippen LogP contribution in [-0.2, 0) is 14.8 Å². The molecule has 0 fully saturated rings. The van der Waals surface area contributed by atoms with Crippen molar-refractivity contribution in [2.75, 3.05) is 18.0 Å². The van der Waals surface area contributed by atoms with Gasteiger partial charge in [0.05, 0.1) is 28.8 Å². The zero-order chi connectivity index (χ0) is 28.0. The summed E-state index contributed by atoms with van der Waals surface area (Å²) in [4.78, 5) is 23.1. The predicted molar refractivity (Wildman–Crippen MR) is 145 cm³/mol. The van der Waals surface area contributed by atoms with Crippen LogP contribution in [0.15, 0.2) is 99.3 Å². The number of hydrogen-bond acceptors (Lipinski definition) is 8. The number of methoxy groups -OCH3 is 1. The topological polar surface area (TPSA) is 144 Å². The number of nitrogens with one attached hydrogen (secondary N) is 1. The van der Waals surface area contributed by atoms with Crippen LogP contribution >= 0.6 is 0 Å². The van der Waals surface area contributed by atoms with Crippen LogP contribution in [0.5, 0.6) is 5.75 Å². The summed E-state index contributed by atoms with van der Waals surface area (Å²) in [6.07, 6.45) is 1.26. The smallest absolute Gasteiger partial charge is 0.269 e. The molecule has 0 aliphatic rings. The van der Waals surface area contributed by atoms with Gasteiger partial charge < -0.3 is 9.15 Å². The fourth-order valence-corrected chi connectivity index (χ4v) is 4.98. The zero-order valence-corrected chi connectivity index (χ0v) is 21.8. The van der Waals surface area contributed by atoms with Crippen molar-refractivity contribution in [1.29, 1.82) is 0 Å². The highest BCUT2D eigenvalue weighted by atomic mass is 32.2. The van der Waals surface area contributed by atoms with E-state index in [9.17, 15) is 23.3 Å². The average Bonchev–Trinajstić information content (AvgIpc) is 3.41. The largest absolute Gasteiger partial charge is 0.497 e. The lowest BCUT2D eigenvalue weighted by molar-refractivity contribution is -0.384. The van der Waals surface area contributed by atoms with Crippen LogP contribution in [0.2, 0.25) is 0 Å². The number of ether oxygens (including phenoxy) is 1. The number of amides is 1. The molecule has 4 aromatic rings. The number of carbonyl (C=O) groups excluding carboxylic acids is 1. The molecule has 0 aliphatic carbocycles. The number of non-ortho nitro benzene ring substituents is 1. The number of nitrogens with zero attached hydrogens (tertiary/aromatic N) is 3. The Balaban J connectivity index is 1.48. The van der Waals surface area contributed by atoms with Gasteiger partial charge in [-0.05, 0) is 67.6 Å². The zero-order valence-electron chi connectivity index (χ0n) is 21.0. The molecule has 0 aliphatic heterocycles. The quantitative estimate of drug-likeness (QED) is 0.174. The number of hydrogen-bond donors (Lipinski definition) is 1. The van der Waals surface area contributed by atoms with Crippen LogP contribution in [0.3, 0.4) is 0 Å². The van der Waals surface area contributed by atoms with Crippen LogP contribution in [0.1, 0.15) is 11.3 Å². The summed E-state index contributed by atoms with van der Waals surface area (Å²) in [5.41, 5.74) is 4.16. The van der Waals surface area contributed by atoms with E-state index in [1.165, 1.54) is 49.7 Å². The number of carbonyl (C=O) groups is 1. The van der Waals surface area contributed by atoms with E-state index < -0.39 is 27.4 Å². The Labute approximate surface area is 224 Å². The Hall–Kier alpha value is -4.97. The van der Waals surface area contributed by atoms with Gasteiger partial charge in [-0.2, -0.15) is 5.10 Å². The van der Waals surface area contributed by atoms with Gasteiger partial charge in [-0.25, -0.2) is 13.8 Å². The summed E-state index contributed by atoms with van der Waals surface area (Å²) >= 11 is 0. The molecule has 0 unspecified atom stereocenters. The molecule has 3 aromatic carbocycles. The van der Waals surface area contributed by atoms with Gasteiger partial charge in [0.25, 0.3) is 21.6 Å². The van der Waals surface area contributed by atoms with Crippen LogP contribution in [0.25, 0.3) is 11.3 Å². The number of benzene rings is 3. The highest BCUT2D eigenvalue weighted by molar-refractivity contribution is 7.92. The summed E-state index contributed by atoms with van der Waals surface area (Å²) in [7, 11) is -2.62. The molecular formula is C27H24N4O7S. The molecule has 0 spiro atoms. The van der Waals surface area contributed by atoms with Gasteiger partial charge in [0.15, 0.2) is 0 Å². The normalized spacial score (nSPS) is 11.3. The fourth-order valence-electron chi connectivity index (χ4n) is 3.56. The number of nitro groups is 1. The van der Waals surface area contributed by atoms with E-state index in [-0.39, 0.29) is 10.6 Å². The minimum Gasteiger partial charge on any atom is -0.497 e. The minimum atomic E-state index is -4.10. The predicted octanol–water partition coefficient (Wildman–Crippen LogP) is 4.52. The standard InChI is InChI=1S/C27H24N4O7S/c1-19-3-7-21(8-4-19)30(39(35,36)25-14-11-23(37-2)12-15-25)18-27(32)29-28-17-24-13-16-26(38-24)20-5-9-22(10-6-20)31(33)34/h3-17H,18H2,1-2H3,(H,29,32)/b28-17-.